The maximum Gasteiger partial charge on any atom is 0.0458 e. The van der Waals surface area contributed by atoms with E-state index in [-0.39, 0.29) is 0 Å². The standard InChI is InChI=1S/C45H54N2/c1-5-6-7-17-31(2)35-20-10-13-25-41(35)46-42-26-14-11-23-38(42)37-22-9-8-21-36(37)34-28-29-40-39-24-12-15-27-43(39)47(44(40)30-34)45-32(3)18-16-19-33(45)4/h8-10,12-13,15-16,18,20-22,24-30,32-33,38-40,43-46H,2,5-7,11,14,17,19,23H2,1,3-4H3/t32?,33-,38?,39?,40?,43?,44?,45?/m0/s1. The summed E-state index contributed by atoms with van der Waals surface area (Å²) in [6, 6.07) is 19.5. The lowest BCUT2D eigenvalue weighted by Crippen LogP contribution is -2.51. The summed E-state index contributed by atoms with van der Waals surface area (Å²) in [7, 11) is 0. The molecule has 0 spiro atoms. The molecule has 0 amide bonds. The highest BCUT2D eigenvalue weighted by Gasteiger charge is 2.50. The third-order valence-electron chi connectivity index (χ3n) is 11.7. The molecule has 2 nitrogen and oxygen atoms in total. The lowest BCUT2D eigenvalue weighted by Gasteiger charge is -2.44. The van der Waals surface area contributed by atoms with E-state index in [4.69, 9.17) is 0 Å². The minimum atomic E-state index is 0.338. The Labute approximate surface area is 284 Å². The minimum absolute atomic E-state index is 0.338. The second-order valence-electron chi connectivity index (χ2n) is 14.8. The van der Waals surface area contributed by atoms with E-state index in [9.17, 15) is 0 Å². The van der Waals surface area contributed by atoms with Gasteiger partial charge in [0.25, 0.3) is 0 Å². The second-order valence-corrected chi connectivity index (χ2v) is 14.8. The van der Waals surface area contributed by atoms with Crippen molar-refractivity contribution in [2.45, 2.75) is 96.2 Å². The van der Waals surface area contributed by atoms with Crippen LogP contribution in [0.1, 0.15) is 94.7 Å². The number of nitrogens with zero attached hydrogens (tertiary/aromatic N) is 1. The highest BCUT2D eigenvalue weighted by molar-refractivity contribution is 5.80. The number of para-hydroxylation sites is 1. The maximum absolute atomic E-state index is 4.51. The van der Waals surface area contributed by atoms with Crippen LogP contribution < -0.4 is 5.32 Å². The highest BCUT2D eigenvalue weighted by Crippen LogP contribution is 2.49. The fourth-order valence-electron chi connectivity index (χ4n) is 9.39. The molecular formula is C45H54N2. The lowest BCUT2D eigenvalue weighted by molar-refractivity contribution is 0.0871. The number of nitrogens with one attached hydrogen (secondary N) is 1. The number of benzene rings is 2. The fourth-order valence-corrected chi connectivity index (χ4v) is 9.39. The quantitative estimate of drug-likeness (QED) is 0.209. The molecule has 2 aromatic carbocycles. The van der Waals surface area contributed by atoms with Gasteiger partial charge in [-0.3, -0.25) is 4.90 Å². The number of rotatable bonds is 10. The second kappa shape index (κ2) is 14.2. The average Bonchev–Trinajstić information content (AvgIpc) is 3.42. The first-order chi connectivity index (χ1) is 23.0. The normalized spacial score (nSPS) is 31.2. The third-order valence-corrected chi connectivity index (χ3v) is 11.7. The number of hydrogen-bond acceptors (Lipinski definition) is 2. The predicted molar refractivity (Wildman–Crippen MR) is 202 cm³/mol. The molecular weight excluding hydrogens is 569 g/mol. The van der Waals surface area contributed by atoms with Crippen molar-refractivity contribution < 1.29 is 0 Å². The summed E-state index contributed by atoms with van der Waals surface area (Å²) < 4.78 is 0. The highest BCUT2D eigenvalue weighted by atomic mass is 15.3. The summed E-state index contributed by atoms with van der Waals surface area (Å²) in [6.07, 6.45) is 34.0. The topological polar surface area (TPSA) is 15.3 Å². The van der Waals surface area contributed by atoms with Gasteiger partial charge in [0.05, 0.1) is 0 Å². The Kier molecular flexibility index (Phi) is 9.68. The van der Waals surface area contributed by atoms with Crippen molar-refractivity contribution in [3.8, 4) is 0 Å². The van der Waals surface area contributed by atoms with Crippen LogP contribution in [0.25, 0.3) is 11.1 Å². The molecule has 5 aliphatic rings. The van der Waals surface area contributed by atoms with Gasteiger partial charge in [0.2, 0.25) is 0 Å². The molecule has 7 rings (SSSR count). The van der Waals surface area contributed by atoms with Crippen LogP contribution in [0.3, 0.4) is 0 Å². The Hall–Kier alpha value is -3.62. The SMILES string of the molecule is C=C(CCCCC)c1ccccc1NC1=CCCCC1c1ccccc1C1=CC2C(C=C1)C1C=CC=CC1N2C1C(C)C=CC[C@@H]1C. The predicted octanol–water partition coefficient (Wildman–Crippen LogP) is 11.5. The van der Waals surface area contributed by atoms with Crippen molar-refractivity contribution in [2.75, 3.05) is 5.32 Å². The number of likely N-dealkylation sites (tertiary alicyclic amines) is 1. The summed E-state index contributed by atoms with van der Waals surface area (Å²) >= 11 is 0. The molecule has 0 saturated carbocycles. The largest absolute Gasteiger partial charge is 0.358 e. The number of hydrogen-bond donors (Lipinski definition) is 1. The van der Waals surface area contributed by atoms with Crippen LogP contribution in [0.15, 0.2) is 122 Å². The van der Waals surface area contributed by atoms with Gasteiger partial charge in [0, 0.05) is 52.8 Å². The molecule has 2 heteroatoms. The van der Waals surface area contributed by atoms with Crippen LogP contribution in [-0.2, 0) is 0 Å². The van der Waals surface area contributed by atoms with Gasteiger partial charge in [0.1, 0.15) is 0 Å². The van der Waals surface area contributed by atoms with Gasteiger partial charge in [-0.1, -0.05) is 143 Å². The lowest BCUT2D eigenvalue weighted by atomic mass is 9.78. The molecule has 1 saturated heterocycles. The monoisotopic (exact) mass is 622 g/mol. The number of unbranched alkanes of at least 4 members (excludes halogenated alkanes) is 2. The molecule has 244 valence electrons. The van der Waals surface area contributed by atoms with E-state index in [1.165, 1.54) is 71.3 Å². The van der Waals surface area contributed by atoms with E-state index in [2.05, 4.69) is 147 Å². The summed E-state index contributed by atoms with van der Waals surface area (Å²) in [4.78, 5) is 2.91. The van der Waals surface area contributed by atoms with Crippen molar-refractivity contribution in [1.82, 2.24) is 4.90 Å². The van der Waals surface area contributed by atoms with Crippen molar-refractivity contribution in [3.63, 3.8) is 0 Å². The van der Waals surface area contributed by atoms with E-state index in [0.717, 1.165) is 19.3 Å². The first kappa shape index (κ1) is 32.0. The zero-order chi connectivity index (χ0) is 32.3. The average molecular weight is 623 g/mol. The van der Waals surface area contributed by atoms with Crippen LogP contribution >= 0.6 is 0 Å². The molecule has 1 fully saturated rings. The van der Waals surface area contributed by atoms with Crippen molar-refractivity contribution >= 4 is 16.8 Å². The zero-order valence-electron chi connectivity index (χ0n) is 28.8. The van der Waals surface area contributed by atoms with Gasteiger partial charge in [0.15, 0.2) is 0 Å². The molecule has 1 heterocycles. The van der Waals surface area contributed by atoms with E-state index in [0.29, 0.717) is 47.7 Å². The molecule has 1 N–H and O–H groups in total. The fraction of sp³-hybridized carbons (Fsp3) is 0.422. The molecule has 8 atom stereocenters. The maximum atomic E-state index is 4.51. The van der Waals surface area contributed by atoms with Gasteiger partial charge in [-0.05, 0) is 78.7 Å². The third kappa shape index (κ3) is 6.34. The van der Waals surface area contributed by atoms with Crippen molar-refractivity contribution in [3.05, 3.63) is 138 Å². The Morgan fingerprint density at radius 3 is 2.60 bits per heavy atom. The van der Waals surface area contributed by atoms with Crippen molar-refractivity contribution in [1.29, 1.82) is 0 Å². The van der Waals surface area contributed by atoms with Gasteiger partial charge in [-0.2, -0.15) is 0 Å². The molecule has 0 aromatic heterocycles. The van der Waals surface area contributed by atoms with E-state index < -0.39 is 0 Å². The minimum Gasteiger partial charge on any atom is -0.358 e. The molecule has 0 bridgehead atoms. The molecule has 47 heavy (non-hydrogen) atoms. The Bertz CT molecular complexity index is 1630. The summed E-state index contributed by atoms with van der Waals surface area (Å²) in [6.45, 7) is 11.7. The number of anilines is 1. The summed E-state index contributed by atoms with van der Waals surface area (Å²) in [5.74, 6) is 2.59. The van der Waals surface area contributed by atoms with E-state index in [1.807, 2.05) is 0 Å². The molecule has 1 aliphatic heterocycles. The number of allylic oxidation sites excluding steroid dienone is 8. The van der Waals surface area contributed by atoms with Gasteiger partial charge in [-0.25, -0.2) is 0 Å². The Morgan fingerprint density at radius 1 is 0.915 bits per heavy atom. The Morgan fingerprint density at radius 2 is 1.72 bits per heavy atom. The van der Waals surface area contributed by atoms with Crippen LogP contribution in [0, 0.1) is 23.7 Å². The van der Waals surface area contributed by atoms with Gasteiger partial charge < -0.3 is 5.32 Å². The van der Waals surface area contributed by atoms with Crippen molar-refractivity contribution in [2.24, 2.45) is 23.7 Å². The number of fused-ring (bicyclic) bond motifs is 3. The summed E-state index contributed by atoms with van der Waals surface area (Å²) in [5, 5.41) is 3.96. The first-order valence-corrected chi connectivity index (χ1v) is 18.6. The van der Waals surface area contributed by atoms with Crippen LogP contribution in [0.5, 0.6) is 0 Å². The molecule has 4 aliphatic carbocycles. The molecule has 0 radical (unpaired) electrons. The van der Waals surface area contributed by atoms with E-state index >= 15 is 0 Å². The van der Waals surface area contributed by atoms with Crippen LogP contribution in [0.4, 0.5) is 5.69 Å². The summed E-state index contributed by atoms with van der Waals surface area (Å²) in [5.41, 5.74) is 9.27. The molecule has 2 aromatic rings. The first-order valence-electron chi connectivity index (χ1n) is 18.6. The van der Waals surface area contributed by atoms with Crippen LogP contribution in [-0.4, -0.2) is 23.0 Å². The Balaban J connectivity index is 1.20. The van der Waals surface area contributed by atoms with Crippen LogP contribution in [0.2, 0.25) is 0 Å². The molecule has 7 unspecified atom stereocenters. The van der Waals surface area contributed by atoms with Gasteiger partial charge >= 0.3 is 0 Å². The van der Waals surface area contributed by atoms with E-state index in [1.54, 1.807) is 0 Å². The smallest absolute Gasteiger partial charge is 0.0458 e. The van der Waals surface area contributed by atoms with Gasteiger partial charge in [-0.15, -0.1) is 0 Å². The zero-order valence-corrected chi connectivity index (χ0v) is 28.8.